The molecule has 0 saturated heterocycles. The van der Waals surface area contributed by atoms with Gasteiger partial charge >= 0.3 is 0 Å². The first-order chi connectivity index (χ1) is 7.13. The van der Waals surface area contributed by atoms with Crippen LogP contribution in [0.4, 0.5) is 0 Å². The van der Waals surface area contributed by atoms with Crippen LogP contribution in [0.25, 0.3) is 0 Å². The highest BCUT2D eigenvalue weighted by molar-refractivity contribution is 6.33. The van der Waals surface area contributed by atoms with Gasteiger partial charge in [-0.05, 0) is 30.7 Å². The third kappa shape index (κ3) is 4.39. The number of benzene rings is 1. The minimum atomic E-state index is -0.541. The molecule has 1 rings (SSSR count). The highest BCUT2D eigenvalue weighted by atomic mass is 35.5. The molecule has 0 bridgehead atoms. The van der Waals surface area contributed by atoms with Gasteiger partial charge in [-0.2, -0.15) is 0 Å². The molecule has 0 aliphatic heterocycles. The number of hydrogen-bond acceptors (Lipinski definition) is 2. The number of ether oxygens (including phenoxy) is 1. The summed E-state index contributed by atoms with van der Waals surface area (Å²) in [5, 5.41) is 10.9. The van der Waals surface area contributed by atoms with Crippen molar-refractivity contribution in [2.24, 2.45) is 0 Å². The van der Waals surface area contributed by atoms with E-state index in [0.717, 1.165) is 5.56 Å². The smallest absolute Gasteiger partial charge is 0.0814 e. The van der Waals surface area contributed by atoms with Crippen molar-refractivity contribution in [3.63, 3.8) is 0 Å². The fourth-order valence-electron chi connectivity index (χ4n) is 1.27. The lowest BCUT2D eigenvalue weighted by molar-refractivity contribution is 0.0430. The van der Waals surface area contributed by atoms with Gasteiger partial charge in [-0.1, -0.05) is 23.2 Å². The first-order valence-corrected chi connectivity index (χ1v) is 5.58. The first-order valence-electron chi connectivity index (χ1n) is 4.83. The van der Waals surface area contributed by atoms with Gasteiger partial charge < -0.3 is 9.84 Å². The van der Waals surface area contributed by atoms with Gasteiger partial charge in [0.2, 0.25) is 0 Å². The van der Waals surface area contributed by atoms with Crippen molar-refractivity contribution in [1.29, 1.82) is 0 Å². The van der Waals surface area contributed by atoms with Crippen LogP contribution in [-0.2, 0) is 11.2 Å². The number of aliphatic hydroxyl groups is 1. The predicted molar refractivity (Wildman–Crippen MR) is 62.7 cm³/mol. The van der Waals surface area contributed by atoms with E-state index in [1.807, 2.05) is 6.92 Å². The summed E-state index contributed by atoms with van der Waals surface area (Å²) in [4.78, 5) is 0. The van der Waals surface area contributed by atoms with Gasteiger partial charge in [0.15, 0.2) is 0 Å². The van der Waals surface area contributed by atoms with Gasteiger partial charge in [-0.15, -0.1) is 0 Å². The van der Waals surface area contributed by atoms with Crippen LogP contribution in [-0.4, -0.2) is 24.4 Å². The third-order valence-corrected chi connectivity index (χ3v) is 2.58. The second-order valence-corrected chi connectivity index (χ2v) is 4.10. The zero-order valence-corrected chi connectivity index (χ0v) is 10.1. The Hall–Kier alpha value is -0.280. The summed E-state index contributed by atoms with van der Waals surface area (Å²) in [5.74, 6) is 0. The van der Waals surface area contributed by atoms with E-state index in [2.05, 4.69) is 0 Å². The Morgan fingerprint density at radius 3 is 2.80 bits per heavy atom. The molecule has 0 saturated carbocycles. The van der Waals surface area contributed by atoms with E-state index >= 15 is 0 Å². The van der Waals surface area contributed by atoms with Gasteiger partial charge in [0.05, 0.1) is 12.7 Å². The highest BCUT2D eigenvalue weighted by Gasteiger charge is 2.08. The molecule has 0 heterocycles. The van der Waals surface area contributed by atoms with Gasteiger partial charge in [0, 0.05) is 23.1 Å². The molecule has 0 radical (unpaired) electrons. The normalized spacial score (nSPS) is 12.8. The second kappa shape index (κ2) is 6.33. The summed E-state index contributed by atoms with van der Waals surface area (Å²) >= 11 is 11.8. The average Bonchev–Trinajstić information content (AvgIpc) is 2.20. The molecule has 0 aliphatic rings. The molecule has 2 nitrogen and oxygen atoms in total. The number of hydrogen-bond donors (Lipinski definition) is 1. The molecule has 0 amide bonds. The summed E-state index contributed by atoms with van der Waals surface area (Å²) in [7, 11) is 0. The summed E-state index contributed by atoms with van der Waals surface area (Å²) in [6, 6.07) is 5.22. The van der Waals surface area contributed by atoms with Crippen LogP contribution in [0.15, 0.2) is 18.2 Å². The van der Waals surface area contributed by atoms with Crippen molar-refractivity contribution >= 4 is 23.2 Å². The Morgan fingerprint density at radius 2 is 2.13 bits per heavy atom. The van der Waals surface area contributed by atoms with E-state index in [-0.39, 0.29) is 0 Å². The fourth-order valence-corrected chi connectivity index (χ4v) is 1.66. The lowest BCUT2D eigenvalue weighted by Crippen LogP contribution is -2.18. The molecular formula is C11H14Cl2O2. The molecule has 1 atom stereocenters. The van der Waals surface area contributed by atoms with Gasteiger partial charge in [-0.3, -0.25) is 0 Å². The molecule has 4 heteroatoms. The van der Waals surface area contributed by atoms with Crippen molar-refractivity contribution in [1.82, 2.24) is 0 Å². The van der Waals surface area contributed by atoms with Crippen LogP contribution < -0.4 is 0 Å². The van der Waals surface area contributed by atoms with Crippen LogP contribution in [0.1, 0.15) is 12.5 Å². The van der Waals surface area contributed by atoms with Crippen molar-refractivity contribution in [2.75, 3.05) is 13.2 Å². The van der Waals surface area contributed by atoms with Crippen molar-refractivity contribution in [3.8, 4) is 0 Å². The van der Waals surface area contributed by atoms with E-state index in [9.17, 15) is 5.11 Å². The van der Waals surface area contributed by atoms with E-state index in [0.29, 0.717) is 29.7 Å². The van der Waals surface area contributed by atoms with Crippen LogP contribution in [0.3, 0.4) is 0 Å². The maximum Gasteiger partial charge on any atom is 0.0814 e. The third-order valence-electron chi connectivity index (χ3n) is 1.98. The van der Waals surface area contributed by atoms with Crippen molar-refractivity contribution in [2.45, 2.75) is 19.4 Å². The van der Waals surface area contributed by atoms with Crippen molar-refractivity contribution in [3.05, 3.63) is 33.8 Å². The standard InChI is InChI=1S/C11H14Cl2O2/c1-2-15-7-10(14)6-8-5-9(12)3-4-11(8)13/h3-5,10,14H,2,6-7H2,1H3. The SMILES string of the molecule is CCOCC(O)Cc1cc(Cl)ccc1Cl. The first kappa shape index (κ1) is 12.8. The summed E-state index contributed by atoms with van der Waals surface area (Å²) in [5.41, 5.74) is 0.844. The summed E-state index contributed by atoms with van der Waals surface area (Å²) < 4.78 is 5.11. The molecule has 1 N–H and O–H groups in total. The monoisotopic (exact) mass is 248 g/mol. The minimum absolute atomic E-state index is 0.319. The van der Waals surface area contributed by atoms with E-state index < -0.39 is 6.10 Å². The lowest BCUT2D eigenvalue weighted by atomic mass is 10.1. The molecule has 15 heavy (non-hydrogen) atoms. The second-order valence-electron chi connectivity index (χ2n) is 3.25. The Kier molecular flexibility index (Phi) is 5.40. The Bertz CT molecular complexity index is 315. The van der Waals surface area contributed by atoms with Gasteiger partial charge in [0.1, 0.15) is 0 Å². The quantitative estimate of drug-likeness (QED) is 0.869. The molecular weight excluding hydrogens is 235 g/mol. The summed E-state index contributed by atoms with van der Waals surface area (Å²) in [6.07, 6.45) is -0.0831. The van der Waals surface area contributed by atoms with Gasteiger partial charge in [-0.25, -0.2) is 0 Å². The largest absolute Gasteiger partial charge is 0.390 e. The minimum Gasteiger partial charge on any atom is -0.390 e. The lowest BCUT2D eigenvalue weighted by Gasteiger charge is -2.11. The molecule has 0 aliphatic carbocycles. The zero-order chi connectivity index (χ0) is 11.3. The molecule has 1 aromatic carbocycles. The number of halogens is 2. The summed E-state index contributed by atoms with van der Waals surface area (Å²) in [6.45, 7) is 2.80. The van der Waals surface area contributed by atoms with Crippen LogP contribution >= 0.6 is 23.2 Å². The van der Waals surface area contributed by atoms with E-state index in [1.54, 1.807) is 18.2 Å². The van der Waals surface area contributed by atoms with E-state index in [4.69, 9.17) is 27.9 Å². The molecule has 1 aromatic rings. The molecule has 1 unspecified atom stereocenters. The molecule has 0 spiro atoms. The van der Waals surface area contributed by atoms with Gasteiger partial charge in [0.25, 0.3) is 0 Å². The Labute approximate surface area is 99.8 Å². The molecule has 84 valence electrons. The van der Waals surface area contributed by atoms with Crippen LogP contribution in [0, 0.1) is 0 Å². The van der Waals surface area contributed by atoms with Crippen LogP contribution in [0.2, 0.25) is 10.0 Å². The molecule has 0 aromatic heterocycles. The maximum absolute atomic E-state index is 9.62. The number of rotatable bonds is 5. The van der Waals surface area contributed by atoms with E-state index in [1.165, 1.54) is 0 Å². The Morgan fingerprint density at radius 1 is 1.40 bits per heavy atom. The highest BCUT2D eigenvalue weighted by Crippen LogP contribution is 2.21. The Balaban J connectivity index is 2.59. The van der Waals surface area contributed by atoms with Crippen LogP contribution in [0.5, 0.6) is 0 Å². The molecule has 0 fully saturated rings. The topological polar surface area (TPSA) is 29.5 Å². The average molecular weight is 249 g/mol. The predicted octanol–water partition coefficient (Wildman–Crippen LogP) is 2.93. The zero-order valence-electron chi connectivity index (χ0n) is 8.54. The van der Waals surface area contributed by atoms with Crippen molar-refractivity contribution < 1.29 is 9.84 Å². The maximum atomic E-state index is 9.62. The fraction of sp³-hybridized carbons (Fsp3) is 0.455. The number of aliphatic hydroxyl groups excluding tert-OH is 1.